The Labute approximate surface area is 102 Å². The van der Waals surface area contributed by atoms with E-state index in [1.165, 1.54) is 0 Å². The van der Waals surface area contributed by atoms with Crippen LogP contribution in [0.3, 0.4) is 0 Å². The quantitative estimate of drug-likeness (QED) is 0.870. The normalized spacial score (nSPS) is 17.2. The van der Waals surface area contributed by atoms with Crippen LogP contribution in [0.2, 0.25) is 0 Å². The molecule has 1 aromatic rings. The van der Waals surface area contributed by atoms with E-state index in [0.29, 0.717) is 12.1 Å². The van der Waals surface area contributed by atoms with Gasteiger partial charge in [0, 0.05) is 25.6 Å². The van der Waals surface area contributed by atoms with Gasteiger partial charge in [-0.1, -0.05) is 12.1 Å². The summed E-state index contributed by atoms with van der Waals surface area (Å²) < 4.78 is 5.21. The molecule has 1 aliphatic heterocycles. The van der Waals surface area contributed by atoms with Gasteiger partial charge in [-0.15, -0.1) is 12.4 Å². The van der Waals surface area contributed by atoms with Crippen LogP contribution < -0.4 is 10.2 Å². The Morgan fingerprint density at radius 1 is 1.44 bits per heavy atom. The van der Waals surface area contributed by atoms with Gasteiger partial charge in [-0.05, 0) is 19.9 Å². The second-order valence-electron chi connectivity index (χ2n) is 3.90. The summed E-state index contributed by atoms with van der Waals surface area (Å²) >= 11 is 0. The van der Waals surface area contributed by atoms with E-state index in [1.54, 1.807) is 0 Å². The summed E-state index contributed by atoms with van der Waals surface area (Å²) in [5.41, 5.74) is 0. The molecule has 1 saturated heterocycles. The van der Waals surface area contributed by atoms with Gasteiger partial charge in [-0.25, -0.2) is 0 Å². The zero-order chi connectivity index (χ0) is 10.7. The predicted molar refractivity (Wildman–Crippen MR) is 65.2 cm³/mol. The molecule has 2 heterocycles. The summed E-state index contributed by atoms with van der Waals surface area (Å²) in [6.45, 7) is 4.02. The molecule has 0 aromatic carbocycles. The van der Waals surface area contributed by atoms with Gasteiger partial charge < -0.3 is 14.7 Å². The Morgan fingerprint density at radius 2 is 2.12 bits per heavy atom. The van der Waals surface area contributed by atoms with Gasteiger partial charge in [0.05, 0.1) is 0 Å². The van der Waals surface area contributed by atoms with Crippen LogP contribution in [0.15, 0.2) is 4.52 Å². The molecule has 0 aliphatic carbocycles. The summed E-state index contributed by atoms with van der Waals surface area (Å²) in [5, 5.41) is 7.20. The smallest absolute Gasteiger partial charge is 0.324 e. The van der Waals surface area contributed by atoms with Gasteiger partial charge in [0.15, 0.2) is 5.82 Å². The van der Waals surface area contributed by atoms with Crippen LogP contribution in [0.25, 0.3) is 0 Å². The zero-order valence-electron chi connectivity index (χ0n) is 9.77. The number of aryl methyl sites for hydroxylation is 1. The van der Waals surface area contributed by atoms with E-state index in [4.69, 9.17) is 4.52 Å². The lowest BCUT2D eigenvalue weighted by Gasteiger charge is -2.30. The minimum Gasteiger partial charge on any atom is -0.324 e. The maximum absolute atomic E-state index is 5.21. The number of halogens is 1. The van der Waals surface area contributed by atoms with E-state index in [1.807, 2.05) is 14.0 Å². The molecule has 1 aromatic heterocycles. The monoisotopic (exact) mass is 246 g/mol. The molecular formula is C10H19ClN4O. The van der Waals surface area contributed by atoms with Gasteiger partial charge in [0.25, 0.3) is 0 Å². The Morgan fingerprint density at radius 3 is 2.62 bits per heavy atom. The minimum atomic E-state index is 0. The summed E-state index contributed by atoms with van der Waals surface area (Å²) in [6, 6.07) is 1.32. The molecule has 0 bridgehead atoms. The zero-order valence-corrected chi connectivity index (χ0v) is 10.6. The first-order valence-corrected chi connectivity index (χ1v) is 5.58. The number of piperidine rings is 1. The van der Waals surface area contributed by atoms with Crippen LogP contribution in [0.5, 0.6) is 0 Å². The molecule has 0 atom stereocenters. The van der Waals surface area contributed by atoms with Gasteiger partial charge in [-0.3, -0.25) is 0 Å². The molecule has 0 saturated carbocycles. The Balaban J connectivity index is 0.00000128. The van der Waals surface area contributed by atoms with Crippen molar-refractivity contribution in [1.82, 2.24) is 15.5 Å². The highest BCUT2D eigenvalue weighted by atomic mass is 35.5. The lowest BCUT2D eigenvalue weighted by Crippen LogP contribution is -2.41. The highest BCUT2D eigenvalue weighted by Crippen LogP contribution is 2.17. The molecule has 6 heteroatoms. The topological polar surface area (TPSA) is 54.2 Å². The van der Waals surface area contributed by atoms with Crippen LogP contribution in [0.4, 0.5) is 6.01 Å². The van der Waals surface area contributed by atoms with Crippen molar-refractivity contribution in [3.63, 3.8) is 0 Å². The number of rotatable bonds is 3. The summed E-state index contributed by atoms with van der Waals surface area (Å²) in [5.74, 6) is 0.792. The highest BCUT2D eigenvalue weighted by Gasteiger charge is 2.21. The van der Waals surface area contributed by atoms with E-state index < -0.39 is 0 Å². The maximum atomic E-state index is 5.21. The van der Waals surface area contributed by atoms with Crippen molar-refractivity contribution in [2.75, 3.05) is 25.0 Å². The second kappa shape index (κ2) is 6.06. The molecule has 0 spiro atoms. The minimum absolute atomic E-state index is 0. The fraction of sp³-hybridized carbons (Fsp3) is 0.800. The number of anilines is 1. The lowest BCUT2D eigenvalue weighted by atomic mass is 10.1. The third kappa shape index (κ3) is 2.86. The summed E-state index contributed by atoms with van der Waals surface area (Å²) in [4.78, 5) is 6.50. The number of hydrogen-bond donors (Lipinski definition) is 1. The predicted octanol–water partition coefficient (Wildman–Crippen LogP) is 1.24. The van der Waals surface area contributed by atoms with Crippen molar-refractivity contribution in [2.24, 2.45) is 0 Å². The fourth-order valence-corrected chi connectivity index (χ4v) is 1.88. The van der Waals surface area contributed by atoms with E-state index in [9.17, 15) is 0 Å². The number of aromatic nitrogens is 2. The molecule has 5 nitrogen and oxygen atoms in total. The average Bonchev–Trinajstić information content (AvgIpc) is 2.78. The van der Waals surface area contributed by atoms with Crippen LogP contribution in [-0.4, -0.2) is 36.3 Å². The van der Waals surface area contributed by atoms with Crippen LogP contribution in [0, 0.1) is 0 Å². The Hall–Kier alpha value is -0.810. The fourth-order valence-electron chi connectivity index (χ4n) is 1.88. The average molecular weight is 247 g/mol. The van der Waals surface area contributed by atoms with E-state index in [2.05, 4.69) is 20.4 Å². The van der Waals surface area contributed by atoms with Gasteiger partial charge in [0.2, 0.25) is 0 Å². The molecular weight excluding hydrogens is 228 g/mol. The molecule has 0 amide bonds. The third-order valence-corrected chi connectivity index (χ3v) is 2.95. The number of nitrogens with one attached hydrogen (secondary N) is 1. The first kappa shape index (κ1) is 13.3. The van der Waals surface area contributed by atoms with E-state index in [-0.39, 0.29) is 12.4 Å². The molecule has 92 valence electrons. The summed E-state index contributed by atoms with van der Waals surface area (Å²) in [7, 11) is 2.02. The number of hydrogen-bond acceptors (Lipinski definition) is 5. The molecule has 2 rings (SSSR count). The summed E-state index contributed by atoms with van der Waals surface area (Å²) in [6.07, 6.45) is 3.11. The molecule has 16 heavy (non-hydrogen) atoms. The first-order valence-electron chi connectivity index (χ1n) is 5.58. The highest BCUT2D eigenvalue weighted by molar-refractivity contribution is 5.85. The maximum Gasteiger partial charge on any atom is 0.324 e. The molecule has 0 radical (unpaired) electrons. The van der Waals surface area contributed by atoms with Gasteiger partial charge in [-0.2, -0.15) is 4.98 Å². The third-order valence-electron chi connectivity index (χ3n) is 2.95. The van der Waals surface area contributed by atoms with Crippen molar-refractivity contribution < 1.29 is 4.52 Å². The van der Waals surface area contributed by atoms with Crippen LogP contribution in [0.1, 0.15) is 25.6 Å². The number of nitrogens with zero attached hydrogens (tertiary/aromatic N) is 3. The van der Waals surface area contributed by atoms with E-state index >= 15 is 0 Å². The first-order chi connectivity index (χ1) is 7.33. The van der Waals surface area contributed by atoms with Gasteiger partial charge >= 0.3 is 6.01 Å². The van der Waals surface area contributed by atoms with Crippen molar-refractivity contribution >= 4 is 18.4 Å². The standard InChI is InChI=1S/C10H18N4O.ClH/c1-3-9-12-10(15-13-9)14-6-4-8(11-2)5-7-14;/h8,11H,3-7H2,1-2H3;1H. The largest absolute Gasteiger partial charge is 0.324 e. The van der Waals surface area contributed by atoms with Crippen molar-refractivity contribution in [3.8, 4) is 0 Å². The molecule has 1 fully saturated rings. The Kier molecular flexibility index (Phi) is 5.02. The second-order valence-corrected chi connectivity index (χ2v) is 3.90. The SMILES string of the molecule is CCc1noc(N2CCC(NC)CC2)n1.Cl. The lowest BCUT2D eigenvalue weighted by molar-refractivity contribution is 0.377. The van der Waals surface area contributed by atoms with Crippen molar-refractivity contribution in [2.45, 2.75) is 32.2 Å². The molecule has 1 N–H and O–H groups in total. The van der Waals surface area contributed by atoms with Crippen molar-refractivity contribution in [3.05, 3.63) is 5.82 Å². The van der Waals surface area contributed by atoms with Crippen LogP contribution in [-0.2, 0) is 6.42 Å². The van der Waals surface area contributed by atoms with Gasteiger partial charge in [0.1, 0.15) is 0 Å². The van der Waals surface area contributed by atoms with Crippen LogP contribution >= 0.6 is 12.4 Å². The molecule has 1 aliphatic rings. The molecule has 0 unspecified atom stereocenters. The van der Waals surface area contributed by atoms with E-state index in [0.717, 1.165) is 38.2 Å². The Bertz CT molecular complexity index is 310. The van der Waals surface area contributed by atoms with Crippen molar-refractivity contribution in [1.29, 1.82) is 0 Å².